The summed E-state index contributed by atoms with van der Waals surface area (Å²) in [4.78, 5) is 24.5. The van der Waals surface area contributed by atoms with Crippen molar-refractivity contribution in [3.63, 3.8) is 0 Å². The van der Waals surface area contributed by atoms with E-state index in [-0.39, 0.29) is 39.0 Å². The van der Waals surface area contributed by atoms with Gasteiger partial charge in [-0.25, -0.2) is 0 Å². The van der Waals surface area contributed by atoms with Gasteiger partial charge in [0.05, 0.1) is 11.5 Å². The molecule has 0 saturated heterocycles. The van der Waals surface area contributed by atoms with Crippen LogP contribution >= 0.6 is 0 Å². The average molecular weight is 470 g/mol. The second-order valence-corrected chi connectivity index (χ2v) is 15.2. The van der Waals surface area contributed by atoms with Crippen molar-refractivity contribution in [3.8, 4) is 0 Å². The minimum atomic E-state index is -0.569. The Morgan fingerprint density at radius 1 is 0.912 bits per heavy atom. The molecule has 0 aromatic rings. The molecule has 5 aliphatic rings. The fraction of sp³-hybridized carbons (Fsp3) is 0.900. The van der Waals surface area contributed by atoms with Crippen LogP contribution < -0.4 is 0 Å². The van der Waals surface area contributed by atoms with E-state index in [2.05, 4.69) is 59.7 Å². The quantitative estimate of drug-likeness (QED) is 0.329. The van der Waals surface area contributed by atoms with Crippen molar-refractivity contribution in [1.29, 1.82) is 0 Å². The molecule has 5 aliphatic carbocycles. The van der Waals surface area contributed by atoms with Gasteiger partial charge in [0.15, 0.2) is 0 Å². The summed E-state index contributed by atoms with van der Waals surface area (Å²) in [5.41, 5.74) is 1.51. The fourth-order valence-electron chi connectivity index (χ4n) is 10.8. The number of allylic oxidation sites excluding steroid dienone is 2. The predicted octanol–water partition coefficient (Wildman–Crippen LogP) is 8.01. The number of hydrogen-bond acceptors (Lipinski definition) is 3. The molecule has 0 amide bonds. The van der Waals surface area contributed by atoms with Crippen LogP contribution in [-0.4, -0.2) is 17.1 Å². The lowest BCUT2D eigenvalue weighted by Crippen LogP contribution is -2.65. The lowest BCUT2D eigenvalue weighted by molar-refractivity contribution is -0.190. The number of hydrogen-bond donors (Lipinski definition) is 1. The van der Waals surface area contributed by atoms with Crippen LogP contribution in [0.5, 0.6) is 0 Å². The molecule has 8 atom stereocenters. The van der Waals surface area contributed by atoms with Crippen LogP contribution in [0.3, 0.4) is 0 Å². The van der Waals surface area contributed by atoms with Gasteiger partial charge in [0, 0.05) is 0 Å². The summed E-state index contributed by atoms with van der Waals surface area (Å²) >= 11 is 0. The highest BCUT2D eigenvalue weighted by atomic mass is 16.4. The van der Waals surface area contributed by atoms with E-state index in [0.29, 0.717) is 11.8 Å². The van der Waals surface area contributed by atoms with Crippen LogP contribution in [0.4, 0.5) is 0 Å². The third-order valence-electron chi connectivity index (χ3n) is 13.2. The van der Waals surface area contributed by atoms with Crippen LogP contribution in [0.2, 0.25) is 0 Å². The van der Waals surface area contributed by atoms with Crippen LogP contribution in [0.15, 0.2) is 16.8 Å². The molecule has 5 rings (SSSR count). The molecule has 0 spiro atoms. The van der Waals surface area contributed by atoms with Crippen molar-refractivity contribution in [2.24, 2.45) is 55.4 Å². The molecule has 4 nitrogen and oxygen atoms in total. The summed E-state index contributed by atoms with van der Waals surface area (Å²) in [6.07, 6.45) is 12.6. The smallest absolute Gasteiger partial charge is 0.310 e. The van der Waals surface area contributed by atoms with Gasteiger partial charge >= 0.3 is 5.97 Å². The van der Waals surface area contributed by atoms with Crippen molar-refractivity contribution in [2.45, 2.75) is 119 Å². The highest BCUT2D eigenvalue weighted by Crippen LogP contribution is 2.75. The summed E-state index contributed by atoms with van der Waals surface area (Å²) in [5, 5.41) is 14.1. The SMILES string of the molecule is CC1(C)CC[C@]2(C(=O)O)CC[C@]3(C)C(=CC[C@@H]4[C@@]5(C)CCC(N=O)C(C)(C)[C@@H]5CC[C@]43C)[C@@H]2C1. The molecule has 0 aliphatic heterocycles. The lowest BCUT2D eigenvalue weighted by Gasteiger charge is -2.71. The zero-order chi connectivity index (χ0) is 24.9. The Labute approximate surface area is 206 Å². The second-order valence-electron chi connectivity index (χ2n) is 15.2. The molecule has 4 saturated carbocycles. The number of aliphatic carboxylic acids is 1. The van der Waals surface area contributed by atoms with Gasteiger partial charge in [0.1, 0.15) is 0 Å². The molecule has 0 radical (unpaired) electrons. The van der Waals surface area contributed by atoms with Crippen LogP contribution in [0, 0.1) is 55.2 Å². The minimum Gasteiger partial charge on any atom is -0.481 e. The third kappa shape index (κ3) is 2.86. The van der Waals surface area contributed by atoms with E-state index >= 15 is 0 Å². The monoisotopic (exact) mass is 469 g/mol. The Morgan fingerprint density at radius 3 is 2.24 bits per heavy atom. The highest BCUT2D eigenvalue weighted by molar-refractivity contribution is 5.76. The molecule has 0 aromatic carbocycles. The number of nitroso groups, excluding NO2 is 1. The van der Waals surface area contributed by atoms with Gasteiger partial charge in [-0.1, -0.05) is 65.3 Å². The number of nitrogens with zero attached hydrogens (tertiary/aromatic N) is 1. The Kier molecular flexibility index (Phi) is 5.18. The molecule has 0 heterocycles. The van der Waals surface area contributed by atoms with E-state index in [9.17, 15) is 14.8 Å². The van der Waals surface area contributed by atoms with E-state index in [4.69, 9.17) is 0 Å². The van der Waals surface area contributed by atoms with Crippen LogP contribution in [0.25, 0.3) is 0 Å². The molecule has 0 bridgehead atoms. The zero-order valence-electron chi connectivity index (χ0n) is 22.7. The fourth-order valence-corrected chi connectivity index (χ4v) is 10.8. The number of carboxylic acids is 1. The van der Waals surface area contributed by atoms with Crippen molar-refractivity contribution >= 4 is 5.97 Å². The number of rotatable bonds is 2. The van der Waals surface area contributed by atoms with E-state index in [1.165, 1.54) is 12.0 Å². The summed E-state index contributed by atoms with van der Waals surface area (Å²) in [5.74, 6) is 0.708. The lowest BCUT2D eigenvalue weighted by atomic mass is 9.33. The standard InChI is InChI=1S/C30H47NO3/c1-25(2)14-16-30(24(32)33)17-15-28(6)19(20(30)18-25)8-9-22-27(5)12-11-23(31-34)26(3,4)21(27)10-13-29(22,28)7/h8,20-23H,9-18H2,1-7H3,(H,32,33)/t20-,21-,22+,23?,27-,28+,29+,30-/m0/s1. The maximum atomic E-state index is 12.8. The zero-order valence-corrected chi connectivity index (χ0v) is 22.7. The van der Waals surface area contributed by atoms with Gasteiger partial charge in [-0.3, -0.25) is 4.79 Å². The van der Waals surface area contributed by atoms with Gasteiger partial charge in [-0.15, -0.1) is 0 Å². The molecule has 1 N–H and O–H groups in total. The van der Waals surface area contributed by atoms with Gasteiger partial charge in [0.2, 0.25) is 0 Å². The molecule has 4 fully saturated rings. The molecule has 1 unspecified atom stereocenters. The van der Waals surface area contributed by atoms with E-state index < -0.39 is 11.4 Å². The van der Waals surface area contributed by atoms with Gasteiger partial charge < -0.3 is 5.11 Å². The Morgan fingerprint density at radius 2 is 1.59 bits per heavy atom. The van der Waals surface area contributed by atoms with Crippen LogP contribution in [0.1, 0.15) is 113 Å². The molecule has 4 heteroatoms. The minimum absolute atomic E-state index is 0.0562. The first-order chi connectivity index (χ1) is 15.7. The van der Waals surface area contributed by atoms with Crippen molar-refractivity contribution in [2.75, 3.05) is 0 Å². The molecule has 34 heavy (non-hydrogen) atoms. The first-order valence-corrected chi connectivity index (χ1v) is 13.9. The van der Waals surface area contributed by atoms with Gasteiger partial charge in [0.25, 0.3) is 0 Å². The van der Waals surface area contributed by atoms with Crippen LogP contribution in [-0.2, 0) is 4.79 Å². The maximum absolute atomic E-state index is 12.8. The normalized spacial score (nSPS) is 51.1. The Balaban J connectivity index is 1.59. The summed E-state index contributed by atoms with van der Waals surface area (Å²) in [6, 6.07) is -0.0736. The Bertz CT molecular complexity index is 935. The largest absolute Gasteiger partial charge is 0.481 e. The Hall–Kier alpha value is -1.19. The summed E-state index contributed by atoms with van der Waals surface area (Å²) in [6.45, 7) is 16.9. The molecule has 190 valence electrons. The topological polar surface area (TPSA) is 66.7 Å². The first kappa shape index (κ1) is 24.5. The van der Waals surface area contributed by atoms with Gasteiger partial charge in [-0.05, 0) is 109 Å². The maximum Gasteiger partial charge on any atom is 0.310 e. The number of fused-ring (bicyclic) bond motifs is 7. The number of carbonyl (C=O) groups is 1. The van der Waals surface area contributed by atoms with Gasteiger partial charge in [-0.2, -0.15) is 4.91 Å². The van der Waals surface area contributed by atoms with Crippen molar-refractivity contribution in [3.05, 3.63) is 16.6 Å². The number of carboxylic acid groups (broad SMARTS) is 1. The highest BCUT2D eigenvalue weighted by Gasteiger charge is 2.69. The molecular weight excluding hydrogens is 422 g/mol. The van der Waals surface area contributed by atoms with Crippen molar-refractivity contribution < 1.29 is 9.90 Å². The van der Waals surface area contributed by atoms with E-state index in [1.54, 1.807) is 0 Å². The molecule has 0 aromatic heterocycles. The van der Waals surface area contributed by atoms with E-state index in [1.807, 2.05) is 0 Å². The summed E-state index contributed by atoms with van der Waals surface area (Å²) < 4.78 is 0. The molecular formula is C30H47NO3. The summed E-state index contributed by atoms with van der Waals surface area (Å²) in [7, 11) is 0. The predicted molar refractivity (Wildman–Crippen MR) is 136 cm³/mol. The van der Waals surface area contributed by atoms with E-state index in [0.717, 1.165) is 57.8 Å². The van der Waals surface area contributed by atoms with Crippen molar-refractivity contribution in [1.82, 2.24) is 0 Å². The average Bonchev–Trinajstić information content (AvgIpc) is 2.73. The first-order valence-electron chi connectivity index (χ1n) is 13.9. The second kappa shape index (κ2) is 7.19. The third-order valence-corrected chi connectivity index (χ3v) is 13.2.